The Bertz CT molecular complexity index is 551. The number of hydrogen-bond donors (Lipinski definition) is 1. The van der Waals surface area contributed by atoms with Crippen LogP contribution in [0.4, 0.5) is 0 Å². The Hall–Kier alpha value is -1.33. The smallest absolute Gasteiger partial charge is 0.124 e. The van der Waals surface area contributed by atoms with Crippen LogP contribution in [-0.4, -0.2) is 16.2 Å². The molecular weight excluding hydrogens is 306 g/mol. The molecule has 0 fully saturated rings. The number of ether oxygens (including phenoxy) is 1. The van der Waals surface area contributed by atoms with Crippen LogP contribution < -0.4 is 10.5 Å². The Morgan fingerprint density at radius 2 is 2.26 bits per heavy atom. The molecule has 0 aliphatic carbocycles. The van der Waals surface area contributed by atoms with E-state index in [4.69, 9.17) is 10.5 Å². The van der Waals surface area contributed by atoms with Gasteiger partial charge in [0.2, 0.25) is 0 Å². The molecule has 2 rings (SSSR count). The molecule has 2 N–H and O–H groups in total. The number of halogens is 1. The number of aromatic nitrogens is 2. The van der Waals surface area contributed by atoms with Gasteiger partial charge >= 0.3 is 0 Å². The second kappa shape index (κ2) is 6.21. The van der Waals surface area contributed by atoms with Gasteiger partial charge in [-0.15, -0.1) is 0 Å². The third-order valence-electron chi connectivity index (χ3n) is 2.98. The average Bonchev–Trinajstić information content (AvgIpc) is 2.77. The molecule has 1 aromatic heterocycles. The van der Waals surface area contributed by atoms with Crippen molar-refractivity contribution in [2.75, 3.05) is 6.61 Å². The van der Waals surface area contributed by atoms with E-state index >= 15 is 0 Å². The molecular formula is C14H18BrN3O. The average molecular weight is 324 g/mol. The summed E-state index contributed by atoms with van der Waals surface area (Å²) in [5.74, 6) is 1.84. The summed E-state index contributed by atoms with van der Waals surface area (Å²) in [7, 11) is 0. The highest BCUT2D eigenvalue weighted by molar-refractivity contribution is 9.10. The highest BCUT2D eigenvalue weighted by atomic mass is 79.9. The van der Waals surface area contributed by atoms with Crippen molar-refractivity contribution >= 4 is 15.9 Å². The molecule has 0 aliphatic rings. The van der Waals surface area contributed by atoms with E-state index in [-0.39, 0.29) is 6.04 Å². The van der Waals surface area contributed by atoms with Gasteiger partial charge in [0.05, 0.1) is 6.54 Å². The van der Waals surface area contributed by atoms with E-state index in [1.165, 1.54) is 0 Å². The number of aryl methyl sites for hydroxylation is 1. The van der Waals surface area contributed by atoms with Crippen LogP contribution in [0.2, 0.25) is 0 Å². The maximum absolute atomic E-state index is 5.96. The van der Waals surface area contributed by atoms with Gasteiger partial charge in [-0.2, -0.15) is 0 Å². The standard InChI is InChI=1S/C14H18BrN3O/c1-10(16)13-9-12(15)3-4-14(13)19-8-7-18-6-5-17-11(18)2/h3-6,9-10H,7-8,16H2,1-2H3/t10-/m1/s1. The van der Waals surface area contributed by atoms with Crippen molar-refractivity contribution in [3.05, 3.63) is 46.5 Å². The summed E-state index contributed by atoms with van der Waals surface area (Å²) in [4.78, 5) is 4.18. The Morgan fingerprint density at radius 1 is 1.47 bits per heavy atom. The fourth-order valence-electron chi connectivity index (χ4n) is 1.90. The lowest BCUT2D eigenvalue weighted by Gasteiger charge is -2.15. The first-order valence-electron chi connectivity index (χ1n) is 6.23. The SMILES string of the molecule is Cc1nccn1CCOc1ccc(Br)cc1[C@@H](C)N. The quantitative estimate of drug-likeness (QED) is 0.920. The lowest BCUT2D eigenvalue weighted by molar-refractivity contribution is 0.293. The molecule has 4 nitrogen and oxygen atoms in total. The largest absolute Gasteiger partial charge is 0.491 e. The van der Waals surface area contributed by atoms with Crippen LogP contribution in [0.25, 0.3) is 0 Å². The van der Waals surface area contributed by atoms with Gasteiger partial charge in [-0.3, -0.25) is 0 Å². The van der Waals surface area contributed by atoms with Crippen molar-refractivity contribution in [1.29, 1.82) is 0 Å². The van der Waals surface area contributed by atoms with Crippen LogP contribution >= 0.6 is 15.9 Å². The van der Waals surface area contributed by atoms with Crippen LogP contribution in [0.3, 0.4) is 0 Å². The topological polar surface area (TPSA) is 53.1 Å². The molecule has 0 radical (unpaired) electrons. The minimum absolute atomic E-state index is 0.0533. The predicted molar refractivity (Wildman–Crippen MR) is 79.2 cm³/mol. The second-order valence-corrected chi connectivity index (χ2v) is 5.40. The molecule has 102 valence electrons. The Balaban J connectivity index is 2.01. The molecule has 0 amide bonds. The molecule has 2 aromatic rings. The first kappa shape index (κ1) is 14.1. The van der Waals surface area contributed by atoms with Gasteiger partial charge < -0.3 is 15.0 Å². The van der Waals surface area contributed by atoms with E-state index in [1.807, 2.05) is 38.2 Å². The lowest BCUT2D eigenvalue weighted by Crippen LogP contribution is -2.12. The number of hydrogen-bond acceptors (Lipinski definition) is 3. The van der Waals surface area contributed by atoms with Crippen LogP contribution in [0.1, 0.15) is 24.4 Å². The fourth-order valence-corrected chi connectivity index (χ4v) is 2.28. The molecule has 0 saturated carbocycles. The molecule has 5 heteroatoms. The molecule has 1 atom stereocenters. The summed E-state index contributed by atoms with van der Waals surface area (Å²) in [6.07, 6.45) is 3.75. The summed E-state index contributed by atoms with van der Waals surface area (Å²) in [6, 6.07) is 5.86. The minimum Gasteiger partial charge on any atom is -0.491 e. The van der Waals surface area contributed by atoms with Crippen molar-refractivity contribution in [2.24, 2.45) is 5.73 Å². The first-order valence-corrected chi connectivity index (χ1v) is 7.03. The zero-order valence-electron chi connectivity index (χ0n) is 11.1. The number of nitrogens with zero attached hydrogens (tertiary/aromatic N) is 2. The molecule has 0 saturated heterocycles. The van der Waals surface area contributed by atoms with Gasteiger partial charge in [0, 0.05) is 28.5 Å². The van der Waals surface area contributed by atoms with Crippen molar-refractivity contribution < 1.29 is 4.74 Å². The van der Waals surface area contributed by atoms with Gasteiger partial charge in [0.15, 0.2) is 0 Å². The lowest BCUT2D eigenvalue weighted by atomic mass is 10.1. The number of rotatable bonds is 5. The minimum atomic E-state index is -0.0533. The van der Waals surface area contributed by atoms with Crippen molar-refractivity contribution in [3.63, 3.8) is 0 Å². The van der Waals surface area contributed by atoms with Crippen molar-refractivity contribution in [1.82, 2.24) is 9.55 Å². The molecule has 1 heterocycles. The van der Waals surface area contributed by atoms with Crippen molar-refractivity contribution in [2.45, 2.75) is 26.4 Å². The Labute approximate surface area is 121 Å². The van der Waals surface area contributed by atoms with E-state index in [9.17, 15) is 0 Å². The summed E-state index contributed by atoms with van der Waals surface area (Å²) < 4.78 is 8.90. The maximum Gasteiger partial charge on any atom is 0.124 e. The summed E-state index contributed by atoms with van der Waals surface area (Å²) in [5.41, 5.74) is 6.97. The van der Waals surface area contributed by atoms with Gasteiger partial charge in [-0.1, -0.05) is 15.9 Å². The Morgan fingerprint density at radius 3 is 2.89 bits per heavy atom. The number of nitrogens with two attached hydrogens (primary N) is 1. The monoisotopic (exact) mass is 323 g/mol. The van der Waals surface area contributed by atoms with Crippen LogP contribution in [0, 0.1) is 6.92 Å². The summed E-state index contributed by atoms with van der Waals surface area (Å²) >= 11 is 3.45. The highest BCUT2D eigenvalue weighted by Gasteiger charge is 2.09. The van der Waals surface area contributed by atoms with E-state index in [1.54, 1.807) is 6.20 Å². The second-order valence-electron chi connectivity index (χ2n) is 4.49. The van der Waals surface area contributed by atoms with E-state index in [0.717, 1.165) is 28.2 Å². The molecule has 0 unspecified atom stereocenters. The highest BCUT2D eigenvalue weighted by Crippen LogP contribution is 2.27. The third kappa shape index (κ3) is 3.58. The summed E-state index contributed by atoms with van der Waals surface area (Å²) in [6.45, 7) is 5.31. The molecule has 0 aliphatic heterocycles. The van der Waals surface area contributed by atoms with Gasteiger partial charge in [-0.25, -0.2) is 4.98 Å². The number of benzene rings is 1. The van der Waals surface area contributed by atoms with Gasteiger partial charge in [0.25, 0.3) is 0 Å². The Kier molecular flexibility index (Phi) is 4.61. The summed E-state index contributed by atoms with van der Waals surface area (Å²) in [5, 5.41) is 0. The first-order chi connectivity index (χ1) is 9.08. The molecule has 0 bridgehead atoms. The van der Waals surface area contributed by atoms with Crippen LogP contribution in [0.15, 0.2) is 35.1 Å². The fraction of sp³-hybridized carbons (Fsp3) is 0.357. The third-order valence-corrected chi connectivity index (χ3v) is 3.47. The molecule has 0 spiro atoms. The van der Waals surface area contributed by atoms with E-state index in [0.29, 0.717) is 6.61 Å². The maximum atomic E-state index is 5.96. The van der Waals surface area contributed by atoms with Gasteiger partial charge in [-0.05, 0) is 32.0 Å². The normalized spacial score (nSPS) is 12.4. The van der Waals surface area contributed by atoms with Crippen LogP contribution in [0.5, 0.6) is 5.75 Å². The molecule has 1 aromatic carbocycles. The van der Waals surface area contributed by atoms with Crippen LogP contribution in [-0.2, 0) is 6.54 Å². The van der Waals surface area contributed by atoms with E-state index in [2.05, 4.69) is 25.5 Å². The predicted octanol–water partition coefficient (Wildman–Crippen LogP) is 3.05. The number of imidazole rings is 1. The van der Waals surface area contributed by atoms with Crippen molar-refractivity contribution in [3.8, 4) is 5.75 Å². The zero-order chi connectivity index (χ0) is 13.8. The zero-order valence-corrected chi connectivity index (χ0v) is 12.7. The molecule has 19 heavy (non-hydrogen) atoms. The van der Waals surface area contributed by atoms with E-state index < -0.39 is 0 Å². The van der Waals surface area contributed by atoms with Gasteiger partial charge in [0.1, 0.15) is 18.2 Å².